The molecule has 72 valence electrons. The van der Waals surface area contributed by atoms with Crippen LogP contribution in [0.1, 0.15) is 0 Å². The maximum absolute atomic E-state index is 6.10. The molecule has 0 unspecified atom stereocenters. The number of fused-ring (bicyclic) bond motifs is 1. The monoisotopic (exact) mass is 352 g/mol. The zero-order valence-electron chi connectivity index (χ0n) is 6.82. The topological polar surface area (TPSA) is 0 Å². The van der Waals surface area contributed by atoms with Crippen LogP contribution in [0.3, 0.4) is 0 Å². The highest BCUT2D eigenvalue weighted by Crippen LogP contribution is 2.37. The van der Waals surface area contributed by atoms with Crippen molar-refractivity contribution in [3.05, 3.63) is 43.3 Å². The second-order valence-electron chi connectivity index (χ2n) is 2.84. The van der Waals surface area contributed by atoms with E-state index in [9.17, 15) is 0 Å². The summed E-state index contributed by atoms with van der Waals surface area (Å²) in [5.74, 6) is 0. The molecule has 0 bridgehead atoms. The summed E-state index contributed by atoms with van der Waals surface area (Å²) in [6.45, 7) is 0. The summed E-state index contributed by atoms with van der Waals surface area (Å²) in [4.78, 5) is 0. The van der Waals surface area contributed by atoms with Crippen molar-refractivity contribution in [3.63, 3.8) is 0 Å². The number of halogens is 4. The molecule has 2 aromatic rings. The highest BCUT2D eigenvalue weighted by atomic mass is 79.9. The Morgan fingerprint density at radius 3 is 2.29 bits per heavy atom. The molecule has 2 aromatic carbocycles. The van der Waals surface area contributed by atoms with Crippen LogP contribution in [0, 0.1) is 0 Å². The van der Waals surface area contributed by atoms with Crippen molar-refractivity contribution >= 4 is 65.8 Å². The van der Waals surface area contributed by atoms with Crippen molar-refractivity contribution in [3.8, 4) is 0 Å². The Labute approximate surface area is 108 Å². The van der Waals surface area contributed by atoms with E-state index >= 15 is 0 Å². The van der Waals surface area contributed by atoms with Crippen LogP contribution in [0.5, 0.6) is 0 Å². The molecule has 0 nitrogen and oxygen atoms in total. The predicted octanol–water partition coefficient (Wildman–Crippen LogP) is 5.67. The number of benzene rings is 2. The maximum Gasteiger partial charge on any atom is 0.0510 e. The van der Waals surface area contributed by atoms with Crippen LogP contribution in [0.25, 0.3) is 10.8 Å². The van der Waals surface area contributed by atoms with Gasteiger partial charge in [0.25, 0.3) is 0 Å². The first kappa shape index (κ1) is 10.7. The van der Waals surface area contributed by atoms with Crippen LogP contribution in [-0.4, -0.2) is 0 Å². The molecular weight excluding hydrogens is 351 g/mol. The molecule has 0 heterocycles. The largest absolute Gasteiger partial charge is 0.0843 e. The van der Waals surface area contributed by atoms with E-state index in [0.29, 0.717) is 10.0 Å². The molecule has 0 saturated carbocycles. The average molecular weight is 355 g/mol. The molecule has 2 rings (SSSR count). The third-order valence-corrected chi connectivity index (χ3v) is 3.80. The number of hydrogen-bond donors (Lipinski definition) is 0. The van der Waals surface area contributed by atoms with Gasteiger partial charge in [-0.25, -0.2) is 0 Å². The van der Waals surface area contributed by atoms with E-state index in [1.165, 1.54) is 0 Å². The van der Waals surface area contributed by atoms with E-state index in [0.717, 1.165) is 19.7 Å². The van der Waals surface area contributed by atoms with E-state index in [-0.39, 0.29) is 0 Å². The lowest BCUT2D eigenvalue weighted by molar-refractivity contribution is 1.67. The molecule has 14 heavy (non-hydrogen) atoms. The second-order valence-corrected chi connectivity index (χ2v) is 5.39. The first-order chi connectivity index (χ1) is 6.59. The Bertz CT molecular complexity index is 509. The smallest absolute Gasteiger partial charge is 0.0510 e. The Morgan fingerprint density at radius 1 is 0.929 bits per heavy atom. The van der Waals surface area contributed by atoms with Gasteiger partial charge >= 0.3 is 0 Å². The first-order valence-corrected chi connectivity index (χ1v) is 6.16. The lowest BCUT2D eigenvalue weighted by Crippen LogP contribution is -1.79. The van der Waals surface area contributed by atoms with Gasteiger partial charge in [0.2, 0.25) is 0 Å². The van der Waals surface area contributed by atoms with Gasteiger partial charge in [-0.3, -0.25) is 0 Å². The van der Waals surface area contributed by atoms with E-state index in [4.69, 9.17) is 23.2 Å². The van der Waals surface area contributed by atoms with E-state index in [1.807, 2.05) is 18.2 Å². The minimum absolute atomic E-state index is 0.640. The zero-order chi connectivity index (χ0) is 10.3. The van der Waals surface area contributed by atoms with Gasteiger partial charge in [0, 0.05) is 19.4 Å². The van der Waals surface area contributed by atoms with Gasteiger partial charge in [-0.1, -0.05) is 55.1 Å². The molecule has 0 fully saturated rings. The lowest BCUT2D eigenvalue weighted by Gasteiger charge is -2.06. The molecule has 0 aliphatic rings. The van der Waals surface area contributed by atoms with Crippen molar-refractivity contribution in [1.82, 2.24) is 0 Å². The van der Waals surface area contributed by atoms with Gasteiger partial charge in [-0.15, -0.1) is 0 Å². The average Bonchev–Trinajstić information content (AvgIpc) is 2.10. The van der Waals surface area contributed by atoms with Gasteiger partial charge < -0.3 is 0 Å². The van der Waals surface area contributed by atoms with Crippen LogP contribution < -0.4 is 0 Å². The Morgan fingerprint density at radius 2 is 1.57 bits per heavy atom. The fourth-order valence-corrected chi connectivity index (χ4v) is 3.04. The summed E-state index contributed by atoms with van der Waals surface area (Å²) in [7, 11) is 0. The summed E-state index contributed by atoms with van der Waals surface area (Å²) in [5.41, 5.74) is 0. The zero-order valence-corrected chi connectivity index (χ0v) is 11.5. The first-order valence-electron chi connectivity index (χ1n) is 3.82. The Hall–Kier alpha value is 0.240. The van der Waals surface area contributed by atoms with Gasteiger partial charge in [-0.05, 0) is 29.7 Å². The van der Waals surface area contributed by atoms with Crippen molar-refractivity contribution < 1.29 is 0 Å². The third kappa shape index (κ3) is 1.81. The highest BCUT2D eigenvalue weighted by molar-refractivity contribution is 9.11. The van der Waals surface area contributed by atoms with Gasteiger partial charge in [-0.2, -0.15) is 0 Å². The molecule has 0 aliphatic heterocycles. The SMILES string of the molecule is Clc1cc(Cl)c2c(Br)ccc(Br)c2c1. The van der Waals surface area contributed by atoms with Crippen molar-refractivity contribution in [2.75, 3.05) is 0 Å². The molecule has 4 heteroatoms. The third-order valence-electron chi connectivity index (χ3n) is 1.93. The Kier molecular flexibility index (Phi) is 3.08. The highest BCUT2D eigenvalue weighted by Gasteiger charge is 2.07. The standard InChI is InChI=1S/C10H4Br2Cl2/c11-7-1-2-8(12)10-6(7)3-5(13)4-9(10)14/h1-4H. The molecule has 0 atom stereocenters. The fourth-order valence-electron chi connectivity index (χ4n) is 1.32. The lowest BCUT2D eigenvalue weighted by atomic mass is 10.1. The number of hydrogen-bond acceptors (Lipinski definition) is 0. The van der Waals surface area contributed by atoms with Gasteiger partial charge in [0.15, 0.2) is 0 Å². The summed E-state index contributed by atoms with van der Waals surface area (Å²) in [5, 5.41) is 3.28. The van der Waals surface area contributed by atoms with Crippen molar-refractivity contribution in [1.29, 1.82) is 0 Å². The van der Waals surface area contributed by atoms with Crippen LogP contribution in [0.15, 0.2) is 33.2 Å². The summed E-state index contributed by atoms with van der Waals surface area (Å²) in [6.07, 6.45) is 0. The van der Waals surface area contributed by atoms with E-state index in [1.54, 1.807) is 6.07 Å². The quantitative estimate of drug-likeness (QED) is 0.571. The summed E-state index contributed by atoms with van der Waals surface area (Å²) in [6, 6.07) is 7.53. The normalized spacial score (nSPS) is 10.9. The molecule has 0 aromatic heterocycles. The summed E-state index contributed by atoms with van der Waals surface area (Å²) >= 11 is 19.0. The Balaban J connectivity index is 3.00. The minimum Gasteiger partial charge on any atom is -0.0843 e. The van der Waals surface area contributed by atoms with Crippen LogP contribution in [-0.2, 0) is 0 Å². The molecule has 0 N–H and O–H groups in total. The molecule has 0 radical (unpaired) electrons. The van der Waals surface area contributed by atoms with E-state index in [2.05, 4.69) is 31.9 Å². The minimum atomic E-state index is 0.640. The van der Waals surface area contributed by atoms with Crippen molar-refractivity contribution in [2.45, 2.75) is 0 Å². The van der Waals surface area contributed by atoms with Gasteiger partial charge in [0.05, 0.1) is 5.02 Å². The maximum atomic E-state index is 6.10. The van der Waals surface area contributed by atoms with Crippen LogP contribution >= 0.6 is 55.1 Å². The molecule has 0 spiro atoms. The number of rotatable bonds is 0. The molecule has 0 saturated heterocycles. The molecular formula is C10H4Br2Cl2. The van der Waals surface area contributed by atoms with E-state index < -0.39 is 0 Å². The second kappa shape index (κ2) is 4.01. The molecule has 0 amide bonds. The fraction of sp³-hybridized carbons (Fsp3) is 0. The summed E-state index contributed by atoms with van der Waals surface area (Å²) < 4.78 is 1.96. The van der Waals surface area contributed by atoms with Crippen LogP contribution in [0.4, 0.5) is 0 Å². The predicted molar refractivity (Wildman–Crippen MR) is 69.4 cm³/mol. The van der Waals surface area contributed by atoms with Crippen molar-refractivity contribution in [2.24, 2.45) is 0 Å². The van der Waals surface area contributed by atoms with Gasteiger partial charge in [0.1, 0.15) is 0 Å². The molecule has 0 aliphatic carbocycles. The van der Waals surface area contributed by atoms with Crippen LogP contribution in [0.2, 0.25) is 10.0 Å².